The Balaban J connectivity index is 2.22. The van der Waals surface area contributed by atoms with Crippen LogP contribution < -0.4 is 0 Å². The average molecular weight is 943 g/mol. The summed E-state index contributed by atoms with van der Waals surface area (Å²) in [6, 6.07) is 10.7. The Morgan fingerprint density at radius 3 is 1.65 bits per heavy atom. The number of hydrogen-bond acceptors (Lipinski definition) is 9. The first-order chi connectivity index (χ1) is 29.6. The van der Waals surface area contributed by atoms with Gasteiger partial charge in [0.1, 0.15) is 18.3 Å². The minimum absolute atomic E-state index is 0.0575. The van der Waals surface area contributed by atoms with Crippen LogP contribution in [0.3, 0.4) is 0 Å². The first-order valence-electron chi connectivity index (χ1n) is 25.2. The third-order valence-electron chi connectivity index (χ3n) is 18.3. The van der Waals surface area contributed by atoms with E-state index in [-0.39, 0.29) is 48.6 Å². The van der Waals surface area contributed by atoms with Crippen LogP contribution in [0.4, 0.5) is 0 Å². The zero-order chi connectivity index (χ0) is 51.0. The molecule has 1 heterocycles. The highest BCUT2D eigenvalue weighted by Gasteiger charge is 2.69. The normalized spacial score (nSPS) is 23.9. The van der Waals surface area contributed by atoms with Gasteiger partial charge >= 0.3 is 17.9 Å². The van der Waals surface area contributed by atoms with Crippen molar-refractivity contribution in [2.24, 2.45) is 48.7 Å². The van der Waals surface area contributed by atoms with Crippen molar-refractivity contribution in [1.29, 1.82) is 0 Å². The number of esters is 3. The second-order valence-corrected chi connectivity index (χ2v) is 28.5. The van der Waals surface area contributed by atoms with E-state index < -0.39 is 59.3 Å². The lowest BCUT2D eigenvalue weighted by Crippen LogP contribution is -2.66. The van der Waals surface area contributed by atoms with Crippen LogP contribution in [0, 0.1) is 48.7 Å². The van der Waals surface area contributed by atoms with E-state index in [0.29, 0.717) is 19.3 Å². The molecule has 1 aromatic rings. The van der Waals surface area contributed by atoms with E-state index in [2.05, 4.69) is 162 Å². The van der Waals surface area contributed by atoms with Crippen LogP contribution >= 0.6 is 12.0 Å². The summed E-state index contributed by atoms with van der Waals surface area (Å²) in [5.74, 6) is -0.696. The van der Waals surface area contributed by atoms with Crippen molar-refractivity contribution in [1.82, 2.24) is 0 Å². The molecule has 3 rings (SSSR count). The second-order valence-electron chi connectivity index (χ2n) is 27.3. The molecular weight excluding hydrogens is 845 g/mol. The molecule has 9 heteroatoms. The lowest BCUT2D eigenvalue weighted by Gasteiger charge is -2.64. The van der Waals surface area contributed by atoms with E-state index in [9.17, 15) is 9.59 Å². The number of benzene rings is 1. The van der Waals surface area contributed by atoms with E-state index in [1.807, 2.05) is 20.8 Å². The van der Waals surface area contributed by atoms with Crippen LogP contribution in [0.15, 0.2) is 30.3 Å². The maximum Gasteiger partial charge on any atom is 0.312 e. The summed E-state index contributed by atoms with van der Waals surface area (Å²) in [4.78, 5) is 44.3. The van der Waals surface area contributed by atoms with Crippen LogP contribution in [0.25, 0.3) is 0 Å². The standard InChI is InChI=1S/C57H98O8S/c1-46(2,3)37-54(19,45(60)64-48(7,8)9)51(14,15)49(10,11)36-42(40-30-26-24-27-31-40)57(22)56(21,65-66-57)39-55(20,43(58)62-35-34-61-23)52(16,17)50(12,13)38-53(18,47(4,5)6)44(59)63-41-32-28-25-29-33-41/h24,26-27,30-31,41-42H,25,28-29,32-39H2,1-23H3. The Labute approximate surface area is 408 Å². The molecule has 6 atom stereocenters. The summed E-state index contributed by atoms with van der Waals surface area (Å²) in [7, 11) is 1.61. The van der Waals surface area contributed by atoms with Gasteiger partial charge in [0.05, 0.1) is 33.2 Å². The monoisotopic (exact) mass is 943 g/mol. The predicted molar refractivity (Wildman–Crippen MR) is 273 cm³/mol. The van der Waals surface area contributed by atoms with Gasteiger partial charge in [-0.2, -0.15) is 0 Å². The first-order valence-corrected chi connectivity index (χ1v) is 25.9. The highest BCUT2D eigenvalue weighted by Crippen LogP contribution is 2.69. The third-order valence-corrected chi connectivity index (χ3v) is 19.8. The zero-order valence-corrected chi connectivity index (χ0v) is 47.3. The highest BCUT2D eigenvalue weighted by atomic mass is 32.2. The summed E-state index contributed by atoms with van der Waals surface area (Å²) in [5, 5.41) is 0. The number of methoxy groups -OCH3 is 1. The van der Waals surface area contributed by atoms with Crippen molar-refractivity contribution in [3.8, 4) is 0 Å². The van der Waals surface area contributed by atoms with Gasteiger partial charge in [0.25, 0.3) is 0 Å². The zero-order valence-electron chi connectivity index (χ0n) is 46.5. The number of ether oxygens (including phenoxy) is 4. The largest absolute Gasteiger partial charge is 0.463 e. The molecule has 6 unspecified atom stereocenters. The van der Waals surface area contributed by atoms with Gasteiger partial charge in [-0.05, 0) is 145 Å². The van der Waals surface area contributed by atoms with E-state index in [1.165, 1.54) is 24.0 Å². The molecule has 0 aromatic heterocycles. The Kier molecular flexibility index (Phi) is 17.6. The second kappa shape index (κ2) is 20.0. The van der Waals surface area contributed by atoms with E-state index in [4.69, 9.17) is 23.1 Å². The van der Waals surface area contributed by atoms with Gasteiger partial charge in [-0.25, -0.2) is 0 Å². The fourth-order valence-corrected chi connectivity index (χ4v) is 12.4. The molecule has 2 fully saturated rings. The van der Waals surface area contributed by atoms with Crippen molar-refractivity contribution in [2.75, 3.05) is 20.3 Å². The van der Waals surface area contributed by atoms with Crippen molar-refractivity contribution >= 4 is 30.0 Å². The molecule has 2 aliphatic rings. The Morgan fingerprint density at radius 1 is 0.667 bits per heavy atom. The quantitative estimate of drug-likeness (QED) is 0.0548. The van der Waals surface area contributed by atoms with Gasteiger partial charge < -0.3 is 23.1 Å². The van der Waals surface area contributed by atoms with Crippen LogP contribution in [0.5, 0.6) is 0 Å². The molecule has 1 saturated heterocycles. The summed E-state index contributed by atoms with van der Waals surface area (Å²) in [6.45, 7) is 47.9. The number of hydrogen-bond donors (Lipinski definition) is 0. The number of carbonyl (C=O) groups is 3. The van der Waals surface area contributed by atoms with E-state index in [0.717, 1.165) is 32.1 Å². The van der Waals surface area contributed by atoms with Gasteiger partial charge in [-0.15, -0.1) is 0 Å². The summed E-state index contributed by atoms with van der Waals surface area (Å²) >= 11 is 1.50. The van der Waals surface area contributed by atoms with Gasteiger partial charge in [0.15, 0.2) is 0 Å². The molecule has 0 bridgehead atoms. The highest BCUT2D eigenvalue weighted by molar-refractivity contribution is 7.97. The predicted octanol–water partition coefficient (Wildman–Crippen LogP) is 15.1. The first kappa shape index (κ1) is 58.2. The Bertz CT molecular complexity index is 1810. The average Bonchev–Trinajstić information content (AvgIpc) is 3.17. The fourth-order valence-electron chi connectivity index (χ4n) is 11.3. The molecule has 0 radical (unpaired) electrons. The number of carbonyl (C=O) groups excluding carboxylic acids is 3. The van der Waals surface area contributed by atoms with Crippen LogP contribution in [0.2, 0.25) is 0 Å². The smallest absolute Gasteiger partial charge is 0.312 e. The van der Waals surface area contributed by atoms with Crippen molar-refractivity contribution < 1.29 is 37.5 Å². The molecule has 0 amide bonds. The van der Waals surface area contributed by atoms with Crippen molar-refractivity contribution in [3.05, 3.63) is 35.9 Å². The maximum atomic E-state index is 15.1. The van der Waals surface area contributed by atoms with Crippen LogP contribution in [-0.4, -0.2) is 60.3 Å². The van der Waals surface area contributed by atoms with Crippen LogP contribution in [0.1, 0.15) is 222 Å². The minimum atomic E-state index is -1.11. The molecule has 8 nitrogen and oxygen atoms in total. The molecule has 380 valence electrons. The molecule has 1 aliphatic heterocycles. The minimum Gasteiger partial charge on any atom is -0.463 e. The Hall–Kier alpha value is -2.10. The third kappa shape index (κ3) is 11.7. The molecule has 1 saturated carbocycles. The van der Waals surface area contributed by atoms with Gasteiger partial charge in [-0.1, -0.05) is 134 Å². The summed E-state index contributed by atoms with van der Waals surface area (Å²) < 4.78 is 30.6. The van der Waals surface area contributed by atoms with Crippen molar-refractivity contribution in [2.45, 2.75) is 238 Å². The van der Waals surface area contributed by atoms with E-state index in [1.54, 1.807) is 7.11 Å². The molecular formula is C57H98O8S. The van der Waals surface area contributed by atoms with Crippen LogP contribution in [-0.2, 0) is 37.5 Å². The molecule has 0 N–H and O–H groups in total. The SMILES string of the molecule is COCCOC(=O)C(C)(CC1(C)OSC1(C)C(CC(C)(C)C(C)(C)C(C)(CC(C)(C)C)C(=O)OC(C)(C)C)c1ccccc1)C(C)(C)C(C)(C)CC(C)(C(=O)OC1CCCCC1)C(C)(C)C. The maximum absolute atomic E-state index is 15.1. The van der Waals surface area contributed by atoms with Gasteiger partial charge in [-0.3, -0.25) is 14.4 Å². The summed E-state index contributed by atoms with van der Waals surface area (Å²) in [6.07, 6.45) is 7.30. The number of rotatable bonds is 20. The molecule has 1 aromatic carbocycles. The Morgan fingerprint density at radius 2 is 1.20 bits per heavy atom. The van der Waals surface area contributed by atoms with E-state index >= 15 is 4.79 Å². The lowest BCUT2D eigenvalue weighted by atomic mass is 9.46. The summed E-state index contributed by atoms with van der Waals surface area (Å²) in [5.41, 5.74) is -5.97. The lowest BCUT2D eigenvalue weighted by molar-refractivity contribution is -0.189. The van der Waals surface area contributed by atoms with Crippen molar-refractivity contribution in [3.63, 3.8) is 0 Å². The van der Waals surface area contributed by atoms with Gasteiger partial charge in [0, 0.05) is 25.1 Å². The topological polar surface area (TPSA) is 97.4 Å². The van der Waals surface area contributed by atoms with Gasteiger partial charge in [0.2, 0.25) is 0 Å². The molecule has 1 aliphatic carbocycles. The molecule has 66 heavy (non-hydrogen) atoms. The molecule has 0 spiro atoms. The fraction of sp³-hybridized carbons (Fsp3) is 0.842.